The fraction of sp³-hybridized carbons (Fsp3) is 0. The number of halogens is 1. The van der Waals surface area contributed by atoms with Gasteiger partial charge in [-0.1, -0.05) is 54.1 Å². The van der Waals surface area contributed by atoms with Crippen molar-refractivity contribution in [2.75, 3.05) is 4.90 Å². The summed E-state index contributed by atoms with van der Waals surface area (Å²) in [6.07, 6.45) is 3.51. The van der Waals surface area contributed by atoms with Crippen molar-refractivity contribution in [2.45, 2.75) is 0 Å². The zero-order valence-electron chi connectivity index (χ0n) is 15.6. The molecule has 148 valence electrons. The molecule has 1 aliphatic heterocycles. The Labute approximate surface area is 177 Å². The van der Waals surface area contributed by atoms with Crippen LogP contribution in [0.15, 0.2) is 84.4 Å². The molecule has 0 saturated carbocycles. The predicted molar refractivity (Wildman–Crippen MR) is 116 cm³/mol. The van der Waals surface area contributed by atoms with E-state index in [-0.39, 0.29) is 17.2 Å². The number of carbonyl (C=O) groups excluding carboxylic acids is 1. The van der Waals surface area contributed by atoms with E-state index in [4.69, 9.17) is 11.6 Å². The highest BCUT2D eigenvalue weighted by Crippen LogP contribution is 2.37. The molecule has 4 rings (SSSR count). The molecule has 6 heteroatoms. The molecule has 2 N–H and O–H groups in total. The van der Waals surface area contributed by atoms with Gasteiger partial charge in [-0.3, -0.25) is 9.69 Å². The van der Waals surface area contributed by atoms with Crippen LogP contribution in [0.2, 0.25) is 5.02 Å². The van der Waals surface area contributed by atoms with E-state index < -0.39 is 5.97 Å². The lowest BCUT2D eigenvalue weighted by molar-refractivity contribution is -0.113. The molecular formula is C24H16ClNO4. The zero-order valence-corrected chi connectivity index (χ0v) is 16.4. The van der Waals surface area contributed by atoms with Gasteiger partial charge < -0.3 is 10.2 Å². The summed E-state index contributed by atoms with van der Waals surface area (Å²) < 4.78 is 0. The number of rotatable bonds is 4. The van der Waals surface area contributed by atoms with Gasteiger partial charge in [-0.2, -0.15) is 0 Å². The largest absolute Gasteiger partial charge is 0.507 e. The number of hydrogen-bond donors (Lipinski definition) is 2. The molecule has 0 saturated heterocycles. The van der Waals surface area contributed by atoms with Crippen molar-refractivity contribution in [3.05, 3.63) is 106 Å². The van der Waals surface area contributed by atoms with E-state index >= 15 is 0 Å². The topological polar surface area (TPSA) is 77.8 Å². The maximum absolute atomic E-state index is 13.3. The fourth-order valence-corrected chi connectivity index (χ4v) is 3.39. The van der Waals surface area contributed by atoms with Crippen molar-refractivity contribution >= 4 is 40.9 Å². The van der Waals surface area contributed by atoms with Crippen LogP contribution in [-0.2, 0) is 4.79 Å². The molecule has 1 amide bonds. The van der Waals surface area contributed by atoms with E-state index in [1.807, 2.05) is 42.5 Å². The molecule has 0 atom stereocenters. The summed E-state index contributed by atoms with van der Waals surface area (Å²) in [4.78, 5) is 26.2. The molecule has 3 aromatic carbocycles. The van der Waals surface area contributed by atoms with Gasteiger partial charge in [0.2, 0.25) is 0 Å². The minimum absolute atomic E-state index is 0.275. The molecule has 1 aliphatic rings. The number of nitrogens with zero attached hydrogens (tertiary/aromatic N) is 1. The number of hydrogen-bond acceptors (Lipinski definition) is 3. The lowest BCUT2D eigenvalue weighted by Gasteiger charge is -2.21. The van der Waals surface area contributed by atoms with Crippen molar-refractivity contribution in [1.29, 1.82) is 0 Å². The van der Waals surface area contributed by atoms with Crippen LogP contribution in [0.1, 0.15) is 21.5 Å². The summed E-state index contributed by atoms with van der Waals surface area (Å²) in [5.41, 5.74) is 2.75. The lowest BCUT2D eigenvalue weighted by atomic mass is 10.1. The van der Waals surface area contributed by atoms with Gasteiger partial charge in [-0.05, 0) is 53.6 Å². The van der Waals surface area contributed by atoms with E-state index in [1.54, 1.807) is 24.3 Å². The number of phenols is 1. The molecule has 5 nitrogen and oxygen atoms in total. The number of amides is 1. The highest BCUT2D eigenvalue weighted by atomic mass is 35.5. The molecule has 30 heavy (non-hydrogen) atoms. The van der Waals surface area contributed by atoms with Crippen LogP contribution < -0.4 is 4.90 Å². The van der Waals surface area contributed by atoms with E-state index in [9.17, 15) is 19.8 Å². The third kappa shape index (κ3) is 3.71. The summed E-state index contributed by atoms with van der Waals surface area (Å²) in [7, 11) is 0. The minimum atomic E-state index is -1.27. The molecule has 0 aliphatic carbocycles. The van der Waals surface area contributed by atoms with Crippen LogP contribution in [0, 0.1) is 0 Å². The Hall–Kier alpha value is -3.83. The van der Waals surface area contributed by atoms with Crippen LogP contribution in [-0.4, -0.2) is 22.1 Å². The Bertz CT molecular complexity index is 1200. The van der Waals surface area contributed by atoms with E-state index in [2.05, 4.69) is 0 Å². The van der Waals surface area contributed by atoms with Gasteiger partial charge in [0.25, 0.3) is 5.91 Å². The number of carboxylic acids is 1. The summed E-state index contributed by atoms with van der Waals surface area (Å²) in [6.45, 7) is 0. The first-order valence-corrected chi connectivity index (χ1v) is 9.47. The average molecular weight is 418 g/mol. The van der Waals surface area contributed by atoms with Gasteiger partial charge in [0.15, 0.2) is 0 Å². The van der Waals surface area contributed by atoms with Crippen LogP contribution in [0.4, 0.5) is 5.69 Å². The van der Waals surface area contributed by atoms with E-state index in [0.29, 0.717) is 22.0 Å². The lowest BCUT2D eigenvalue weighted by Crippen LogP contribution is -2.25. The zero-order chi connectivity index (χ0) is 21.3. The van der Waals surface area contributed by atoms with Crippen molar-refractivity contribution < 1.29 is 19.8 Å². The van der Waals surface area contributed by atoms with Crippen LogP contribution in [0.5, 0.6) is 5.75 Å². The molecule has 3 aromatic rings. The third-order valence-electron chi connectivity index (χ3n) is 4.71. The first-order chi connectivity index (χ1) is 14.4. The second-order valence-corrected chi connectivity index (χ2v) is 7.13. The normalized spacial score (nSPS) is 14.8. The quantitative estimate of drug-likeness (QED) is 0.571. The summed E-state index contributed by atoms with van der Waals surface area (Å²) >= 11 is 5.94. The van der Waals surface area contributed by atoms with Crippen LogP contribution in [0.25, 0.3) is 11.8 Å². The van der Waals surface area contributed by atoms with Crippen molar-refractivity contribution in [1.82, 2.24) is 0 Å². The van der Waals surface area contributed by atoms with Gasteiger partial charge >= 0.3 is 5.97 Å². The Morgan fingerprint density at radius 1 is 0.967 bits per heavy atom. The second kappa shape index (κ2) is 7.89. The molecule has 0 aromatic heterocycles. The van der Waals surface area contributed by atoms with Crippen molar-refractivity contribution in [3.8, 4) is 5.75 Å². The molecule has 1 heterocycles. The van der Waals surface area contributed by atoms with Crippen molar-refractivity contribution in [2.24, 2.45) is 0 Å². The van der Waals surface area contributed by atoms with Gasteiger partial charge in [0.05, 0.1) is 11.4 Å². The smallest absolute Gasteiger partial charge is 0.339 e. The monoisotopic (exact) mass is 417 g/mol. The number of aromatic hydroxyl groups is 1. The summed E-state index contributed by atoms with van der Waals surface area (Å²) in [5, 5.41) is 19.8. The van der Waals surface area contributed by atoms with E-state index in [1.165, 1.54) is 23.1 Å². The highest BCUT2D eigenvalue weighted by molar-refractivity contribution is 6.30. The average Bonchev–Trinajstić information content (AvgIpc) is 3.07. The predicted octanol–water partition coefficient (Wildman–Crippen LogP) is 5.22. The molecule has 0 fully saturated rings. The van der Waals surface area contributed by atoms with Gasteiger partial charge in [0.1, 0.15) is 11.3 Å². The highest BCUT2D eigenvalue weighted by Gasteiger charge is 2.31. The molecule has 0 spiro atoms. The molecule has 0 unspecified atom stereocenters. The molecular weight excluding hydrogens is 402 g/mol. The summed E-state index contributed by atoms with van der Waals surface area (Å²) in [6, 6.07) is 20.5. The fourth-order valence-electron chi connectivity index (χ4n) is 3.27. The van der Waals surface area contributed by atoms with Crippen LogP contribution >= 0.6 is 11.6 Å². The first-order valence-electron chi connectivity index (χ1n) is 9.09. The molecule has 0 radical (unpaired) electrons. The number of anilines is 1. The number of carboxylic acid groups (broad SMARTS) is 1. The molecule has 0 bridgehead atoms. The Morgan fingerprint density at radius 3 is 2.33 bits per heavy atom. The number of aromatic carboxylic acids is 1. The maximum atomic E-state index is 13.3. The Morgan fingerprint density at radius 2 is 1.67 bits per heavy atom. The Balaban J connectivity index is 1.84. The van der Waals surface area contributed by atoms with Crippen molar-refractivity contribution in [3.63, 3.8) is 0 Å². The standard InChI is InChI=1S/C24H16ClNO4/c25-18-8-6-15(7-9-18)12-17-13-21(16-4-2-1-3-5-16)26(23(17)28)19-10-11-22(27)20(14-19)24(29)30/h1-14,27H,(H,29,30)/b17-12+. The summed E-state index contributed by atoms with van der Waals surface area (Å²) in [5.74, 6) is -1.94. The van der Waals surface area contributed by atoms with E-state index in [0.717, 1.165) is 11.1 Å². The number of benzene rings is 3. The number of carbonyl (C=O) groups is 2. The first kappa shape index (κ1) is 19.5. The van der Waals surface area contributed by atoms with Crippen LogP contribution in [0.3, 0.4) is 0 Å². The SMILES string of the molecule is O=C(O)c1cc(N2C(=O)/C(=C/c3ccc(Cl)cc3)C=C2c2ccccc2)ccc1O. The third-order valence-corrected chi connectivity index (χ3v) is 4.97. The van der Waals surface area contributed by atoms with Gasteiger partial charge in [0, 0.05) is 10.6 Å². The Kier molecular flexibility index (Phi) is 5.12. The van der Waals surface area contributed by atoms with Gasteiger partial charge in [-0.15, -0.1) is 0 Å². The second-order valence-electron chi connectivity index (χ2n) is 6.69. The maximum Gasteiger partial charge on any atom is 0.339 e. The minimum Gasteiger partial charge on any atom is -0.507 e. The van der Waals surface area contributed by atoms with Gasteiger partial charge in [-0.25, -0.2) is 4.79 Å².